The lowest BCUT2D eigenvalue weighted by molar-refractivity contribution is -0.0411. The van der Waals surface area contributed by atoms with E-state index in [1.54, 1.807) is 16.7 Å². The number of nitrogens with zero attached hydrogens (tertiary/aromatic N) is 3. The van der Waals surface area contributed by atoms with Crippen molar-refractivity contribution in [3.63, 3.8) is 0 Å². The van der Waals surface area contributed by atoms with Crippen molar-refractivity contribution in [1.82, 2.24) is 14.1 Å². The number of fused-ring (bicyclic) bond motifs is 2. The van der Waals surface area contributed by atoms with Gasteiger partial charge in [-0.3, -0.25) is 13.9 Å². The van der Waals surface area contributed by atoms with Crippen LogP contribution in [0.25, 0.3) is 11.0 Å². The van der Waals surface area contributed by atoms with Gasteiger partial charge in [-0.25, -0.2) is 9.78 Å². The van der Waals surface area contributed by atoms with E-state index >= 15 is 0 Å². The average Bonchev–Trinajstić information content (AvgIpc) is 3.10. The van der Waals surface area contributed by atoms with Crippen molar-refractivity contribution in [3.8, 4) is 0 Å². The molecule has 4 rings (SSSR count). The van der Waals surface area contributed by atoms with Crippen LogP contribution in [-0.4, -0.2) is 19.7 Å². The molecule has 0 N–H and O–H groups in total. The van der Waals surface area contributed by atoms with Gasteiger partial charge in [0.15, 0.2) is 0 Å². The van der Waals surface area contributed by atoms with E-state index in [1.165, 1.54) is 10.8 Å². The highest BCUT2D eigenvalue weighted by Gasteiger charge is 2.28. The minimum atomic E-state index is -0.375. The molecule has 1 aliphatic heterocycles. The summed E-state index contributed by atoms with van der Waals surface area (Å²) in [5.74, 6) is 0.558. The van der Waals surface area contributed by atoms with Crippen LogP contribution in [0.5, 0.6) is 0 Å². The normalized spacial score (nSPS) is 16.0. The fourth-order valence-corrected chi connectivity index (χ4v) is 3.40. The Morgan fingerprint density at radius 1 is 1.27 bits per heavy atom. The standard InChI is InChI=1S/C19H21N3O4/c1-4-21-16-14(8-12-11-26-19(2,3)9-15(12)20-16)17(23)22(18(21)24)10-13-6-5-7-25-13/h5-8H,4,9-11H2,1-3H3. The Bertz CT molecular complexity index is 1090. The summed E-state index contributed by atoms with van der Waals surface area (Å²) in [6, 6.07) is 5.30. The third-order valence-electron chi connectivity index (χ3n) is 4.79. The van der Waals surface area contributed by atoms with E-state index in [2.05, 4.69) is 4.98 Å². The molecule has 0 bridgehead atoms. The van der Waals surface area contributed by atoms with Gasteiger partial charge in [0.05, 0.1) is 36.1 Å². The number of aromatic nitrogens is 3. The maximum Gasteiger partial charge on any atom is 0.333 e. The van der Waals surface area contributed by atoms with Crippen molar-refractivity contribution >= 4 is 11.0 Å². The number of rotatable bonds is 3. The Balaban J connectivity index is 1.97. The fourth-order valence-electron chi connectivity index (χ4n) is 3.40. The summed E-state index contributed by atoms with van der Waals surface area (Å²) >= 11 is 0. The number of aryl methyl sites for hydroxylation is 1. The van der Waals surface area contributed by atoms with Crippen LogP contribution in [0.1, 0.15) is 37.8 Å². The molecular weight excluding hydrogens is 334 g/mol. The van der Waals surface area contributed by atoms with E-state index in [-0.39, 0.29) is 23.4 Å². The molecule has 0 atom stereocenters. The molecule has 0 fully saturated rings. The first-order chi connectivity index (χ1) is 12.4. The quantitative estimate of drug-likeness (QED) is 0.719. The van der Waals surface area contributed by atoms with Gasteiger partial charge in [0.2, 0.25) is 0 Å². The predicted octanol–water partition coefficient (Wildman–Crippen LogP) is 2.07. The van der Waals surface area contributed by atoms with E-state index in [4.69, 9.17) is 9.15 Å². The molecule has 0 amide bonds. The molecular formula is C19H21N3O4. The zero-order chi connectivity index (χ0) is 18.5. The number of ether oxygens (including phenoxy) is 1. The summed E-state index contributed by atoms with van der Waals surface area (Å²) in [6.07, 6.45) is 2.17. The van der Waals surface area contributed by atoms with Crippen molar-refractivity contribution in [2.45, 2.75) is 52.5 Å². The van der Waals surface area contributed by atoms with Crippen molar-refractivity contribution in [2.24, 2.45) is 0 Å². The van der Waals surface area contributed by atoms with Gasteiger partial charge < -0.3 is 9.15 Å². The minimum absolute atomic E-state index is 0.0984. The Hall–Kier alpha value is -2.67. The van der Waals surface area contributed by atoms with Gasteiger partial charge in [0.1, 0.15) is 11.4 Å². The molecule has 7 nitrogen and oxygen atoms in total. The van der Waals surface area contributed by atoms with Crippen molar-refractivity contribution < 1.29 is 9.15 Å². The summed E-state index contributed by atoms with van der Waals surface area (Å²) in [4.78, 5) is 30.5. The molecule has 0 radical (unpaired) electrons. The van der Waals surface area contributed by atoms with Crippen LogP contribution >= 0.6 is 0 Å². The Kier molecular flexibility index (Phi) is 3.84. The number of hydrogen-bond acceptors (Lipinski definition) is 5. The Labute approximate surface area is 149 Å². The molecule has 3 aromatic rings. The topological polar surface area (TPSA) is 79.3 Å². The van der Waals surface area contributed by atoms with Crippen LogP contribution in [-0.2, 0) is 30.9 Å². The SMILES string of the molecule is CCn1c(=O)n(Cc2ccco2)c(=O)c2cc3c(nc21)CC(C)(C)OC3. The molecule has 0 saturated carbocycles. The predicted molar refractivity (Wildman–Crippen MR) is 96.3 cm³/mol. The molecule has 0 aromatic carbocycles. The van der Waals surface area contributed by atoms with Crippen LogP contribution in [0, 0.1) is 0 Å². The smallest absolute Gasteiger partial charge is 0.333 e. The second kappa shape index (κ2) is 5.95. The molecule has 3 aromatic heterocycles. The highest BCUT2D eigenvalue weighted by molar-refractivity contribution is 5.75. The van der Waals surface area contributed by atoms with E-state index in [1.807, 2.05) is 26.8 Å². The first-order valence-corrected chi connectivity index (χ1v) is 8.72. The average molecular weight is 355 g/mol. The number of furan rings is 1. The van der Waals surface area contributed by atoms with Crippen LogP contribution in [0.3, 0.4) is 0 Å². The molecule has 0 spiro atoms. The molecule has 1 aliphatic rings. The molecule has 0 aliphatic carbocycles. The largest absolute Gasteiger partial charge is 0.467 e. The maximum atomic E-state index is 13.0. The highest BCUT2D eigenvalue weighted by Crippen LogP contribution is 2.27. The lowest BCUT2D eigenvalue weighted by Crippen LogP contribution is -2.41. The van der Waals surface area contributed by atoms with Gasteiger partial charge in [-0.2, -0.15) is 0 Å². The van der Waals surface area contributed by atoms with E-state index in [0.29, 0.717) is 36.4 Å². The van der Waals surface area contributed by atoms with Crippen LogP contribution in [0.4, 0.5) is 0 Å². The third kappa shape index (κ3) is 2.68. The Morgan fingerprint density at radius 3 is 2.77 bits per heavy atom. The molecule has 136 valence electrons. The van der Waals surface area contributed by atoms with Crippen LogP contribution in [0.15, 0.2) is 38.5 Å². The zero-order valence-electron chi connectivity index (χ0n) is 15.1. The lowest BCUT2D eigenvalue weighted by Gasteiger charge is -2.31. The summed E-state index contributed by atoms with van der Waals surface area (Å²) in [6.45, 7) is 6.83. The number of pyridine rings is 1. The van der Waals surface area contributed by atoms with Crippen molar-refractivity contribution in [2.75, 3.05) is 0 Å². The first-order valence-electron chi connectivity index (χ1n) is 8.72. The second-order valence-electron chi connectivity index (χ2n) is 7.19. The summed E-state index contributed by atoms with van der Waals surface area (Å²) < 4.78 is 13.9. The first kappa shape index (κ1) is 16.8. The van der Waals surface area contributed by atoms with E-state index < -0.39 is 0 Å². The highest BCUT2D eigenvalue weighted by atomic mass is 16.5. The lowest BCUT2D eigenvalue weighted by atomic mass is 9.95. The molecule has 0 saturated heterocycles. The Morgan fingerprint density at radius 2 is 2.08 bits per heavy atom. The summed E-state index contributed by atoms with van der Waals surface area (Å²) in [5.41, 5.74) is 1.19. The molecule has 26 heavy (non-hydrogen) atoms. The van der Waals surface area contributed by atoms with Gasteiger partial charge in [-0.15, -0.1) is 0 Å². The third-order valence-corrected chi connectivity index (χ3v) is 4.79. The number of hydrogen-bond donors (Lipinski definition) is 0. The second-order valence-corrected chi connectivity index (χ2v) is 7.19. The van der Waals surface area contributed by atoms with Gasteiger partial charge >= 0.3 is 5.69 Å². The zero-order valence-corrected chi connectivity index (χ0v) is 15.1. The van der Waals surface area contributed by atoms with E-state index in [0.717, 1.165) is 11.3 Å². The van der Waals surface area contributed by atoms with Gasteiger partial charge in [0, 0.05) is 18.5 Å². The molecule has 0 unspecified atom stereocenters. The minimum Gasteiger partial charge on any atom is -0.467 e. The maximum absolute atomic E-state index is 13.0. The summed E-state index contributed by atoms with van der Waals surface area (Å²) in [5, 5.41) is 0.431. The van der Waals surface area contributed by atoms with Gasteiger partial charge in [-0.1, -0.05) is 0 Å². The van der Waals surface area contributed by atoms with Crippen LogP contribution in [0.2, 0.25) is 0 Å². The van der Waals surface area contributed by atoms with Gasteiger partial charge in [0.25, 0.3) is 5.56 Å². The van der Waals surface area contributed by atoms with Crippen molar-refractivity contribution in [1.29, 1.82) is 0 Å². The molecule has 4 heterocycles. The summed E-state index contributed by atoms with van der Waals surface area (Å²) in [7, 11) is 0. The monoisotopic (exact) mass is 355 g/mol. The van der Waals surface area contributed by atoms with E-state index in [9.17, 15) is 9.59 Å². The fraction of sp³-hybridized carbons (Fsp3) is 0.421. The van der Waals surface area contributed by atoms with Crippen LogP contribution < -0.4 is 11.2 Å². The molecule has 7 heteroatoms. The van der Waals surface area contributed by atoms with Crippen molar-refractivity contribution in [3.05, 3.63) is 62.3 Å². The van der Waals surface area contributed by atoms with Gasteiger partial charge in [-0.05, 0) is 39.0 Å².